The van der Waals surface area contributed by atoms with E-state index in [0.717, 1.165) is 134 Å². The third-order valence-corrected chi connectivity index (χ3v) is 23.1. The van der Waals surface area contributed by atoms with Crippen LogP contribution in [0, 0.1) is 0 Å². The number of furan rings is 1. The van der Waals surface area contributed by atoms with Crippen LogP contribution in [0.3, 0.4) is 0 Å². The first-order valence-corrected chi connectivity index (χ1v) is 40.4. The molecule has 0 saturated heterocycles. The Morgan fingerprint density at radius 2 is 0.639 bits per heavy atom. The third-order valence-electron chi connectivity index (χ3n) is 23.1. The number of hydrogen-bond donors (Lipinski definition) is 0. The first-order valence-electron chi connectivity index (χ1n) is 40.4. The molecule has 0 unspecified atom stereocenters. The van der Waals surface area contributed by atoms with E-state index in [2.05, 4.69) is 382 Å². The second-order valence-corrected chi connectivity index (χ2v) is 30.2. The molecule has 0 fully saturated rings. The minimum absolute atomic E-state index is 0.285. The van der Waals surface area contributed by atoms with Crippen molar-refractivity contribution in [3.05, 3.63) is 401 Å². The highest BCUT2D eigenvalue weighted by atomic mass is 16.3. The Bertz CT molecular complexity index is 8130. The van der Waals surface area contributed by atoms with Gasteiger partial charge in [0.2, 0.25) is 23.3 Å². The number of aromatic nitrogens is 14. The topological polar surface area (TPSA) is 170 Å². The Hall–Kier alpha value is -16.9. The van der Waals surface area contributed by atoms with Gasteiger partial charge in [0.25, 0.3) is 0 Å². The summed E-state index contributed by atoms with van der Waals surface area (Å²) in [7, 11) is 0. The molecule has 0 radical (unpaired) electrons. The van der Waals surface area contributed by atoms with Crippen LogP contribution < -0.4 is 0 Å². The average molecular weight is 1560 g/mol. The smallest absolute Gasteiger partial charge is 0.202 e. The van der Waals surface area contributed by atoms with Crippen LogP contribution >= 0.6 is 0 Å². The molecule has 0 atom stereocenters. The number of benzene rings is 16. The summed E-state index contributed by atoms with van der Waals surface area (Å²) in [5, 5.41) is 11.8. The molecule has 0 spiro atoms. The fourth-order valence-corrected chi connectivity index (χ4v) is 17.5. The van der Waals surface area contributed by atoms with Crippen LogP contribution in [0.5, 0.6) is 0 Å². The van der Waals surface area contributed by atoms with E-state index < -0.39 is 0 Å². The second-order valence-electron chi connectivity index (χ2n) is 30.2. The summed E-state index contributed by atoms with van der Waals surface area (Å²) in [5.41, 5.74) is 26.7. The summed E-state index contributed by atoms with van der Waals surface area (Å²) in [4.78, 5) is 49.4. The van der Waals surface area contributed by atoms with Gasteiger partial charge in [-0.3, -0.25) is 0 Å². The zero-order chi connectivity index (χ0) is 80.6. The first-order chi connectivity index (χ1) is 60.5. The summed E-state index contributed by atoms with van der Waals surface area (Å²) in [6.07, 6.45) is 5.63. The molecular formula is C107H66N14O. The molecule has 0 saturated carbocycles. The fourth-order valence-electron chi connectivity index (χ4n) is 17.5. The Morgan fingerprint density at radius 3 is 1.35 bits per heavy atom. The van der Waals surface area contributed by atoms with Gasteiger partial charge in [0, 0.05) is 88.0 Å². The standard InChI is InChI=1S/C56H35N3O.C51H31N11/c1-2-14-39(15-3-1)56-57-50(35-51(58-56)45-23-11-16-37-13-4-5-19-43(37)45)38-29-27-36(28-30-38)40-31-32-53-49(34-40)46-20-6-8-25-52(46)59(53)42-18-10-17-41(33-42)44-22-12-24-48-47-21-7-9-26-54(47)60-55(44)48;1-2-12-36(13-3-1)62-43-18-7-5-15-40(43)46-38(16-9-19-45(46)62)32-20-23-37(24-21-32)61-42-17-6-4-14-39(42)41-27-34(22-25-44(41)61)33-10-8-11-35(26-33)47-58-50(48-54-28-52-29-55-48)60-51(59-47)49-56-30-53-31-57-49/h1-35H;1-31H. The summed E-state index contributed by atoms with van der Waals surface area (Å²) < 4.78 is 13.5. The molecular weight excluding hydrogens is 1500 g/mol. The molecule has 0 bridgehead atoms. The molecule has 16 aromatic carbocycles. The van der Waals surface area contributed by atoms with Crippen molar-refractivity contribution < 1.29 is 4.42 Å². The molecule has 15 nitrogen and oxygen atoms in total. The number of fused-ring (bicyclic) bond motifs is 13. The van der Waals surface area contributed by atoms with Gasteiger partial charge >= 0.3 is 0 Å². The molecule has 0 amide bonds. The molecule has 122 heavy (non-hydrogen) atoms. The number of nitrogens with zero attached hydrogens (tertiary/aromatic N) is 14. The lowest BCUT2D eigenvalue weighted by molar-refractivity contribution is 0.670. The van der Waals surface area contributed by atoms with Crippen LogP contribution in [0.1, 0.15) is 0 Å². The van der Waals surface area contributed by atoms with Gasteiger partial charge in [-0.15, -0.1) is 0 Å². The van der Waals surface area contributed by atoms with Gasteiger partial charge in [-0.1, -0.05) is 273 Å². The van der Waals surface area contributed by atoms with E-state index in [9.17, 15) is 0 Å². The Kier molecular flexibility index (Phi) is 17.1. The van der Waals surface area contributed by atoms with E-state index in [1.165, 1.54) is 85.1 Å². The lowest BCUT2D eigenvalue weighted by atomic mass is 9.98. The molecule has 8 heterocycles. The first kappa shape index (κ1) is 70.5. The van der Waals surface area contributed by atoms with Crippen LogP contribution in [0.25, 0.3) is 228 Å². The van der Waals surface area contributed by atoms with Crippen molar-refractivity contribution >= 4 is 98.1 Å². The summed E-state index contributed by atoms with van der Waals surface area (Å²) in [6.45, 7) is 0. The molecule has 0 aliphatic rings. The normalized spacial score (nSPS) is 11.6. The van der Waals surface area contributed by atoms with E-state index in [1.807, 2.05) is 42.5 Å². The van der Waals surface area contributed by atoms with Crippen LogP contribution in [-0.4, -0.2) is 68.5 Å². The molecule has 8 aromatic heterocycles. The fraction of sp³-hybridized carbons (Fsp3) is 0. The monoisotopic (exact) mass is 1560 g/mol. The van der Waals surface area contributed by atoms with E-state index >= 15 is 0 Å². The number of hydrogen-bond acceptors (Lipinski definition) is 12. The van der Waals surface area contributed by atoms with Crippen molar-refractivity contribution in [2.45, 2.75) is 0 Å². The minimum atomic E-state index is 0.285. The quantitative estimate of drug-likeness (QED) is 0.107. The largest absolute Gasteiger partial charge is 0.455 e. The lowest BCUT2D eigenvalue weighted by Crippen LogP contribution is -2.04. The summed E-state index contributed by atoms with van der Waals surface area (Å²) >= 11 is 0. The maximum absolute atomic E-state index is 6.44. The molecule has 570 valence electrons. The van der Waals surface area contributed by atoms with Gasteiger partial charge in [-0.05, 0) is 153 Å². The molecule has 0 aliphatic heterocycles. The van der Waals surface area contributed by atoms with E-state index in [-0.39, 0.29) is 11.6 Å². The SMILES string of the molecule is c1ccc(-c2nc(-c3ccc(-c4ccc5c(c4)c4ccccc4n5-c4cccc(-c5cccc6c5oc5ccccc56)c4)cc3)cc(-c3cccc4ccccc34)n2)cc1.c1ccc(-n2c3ccccc3c3c(-c4ccc(-n5c6ccccc6c6cc(-c7cccc(-c8nc(-c9ncncn9)nc(-c9ncncn9)n8)c7)ccc65)cc4)cccc32)cc1. The van der Waals surface area contributed by atoms with Gasteiger partial charge in [0.15, 0.2) is 11.6 Å². The van der Waals surface area contributed by atoms with Crippen molar-refractivity contribution in [1.29, 1.82) is 0 Å². The minimum Gasteiger partial charge on any atom is -0.455 e. The van der Waals surface area contributed by atoms with Gasteiger partial charge in [-0.2, -0.15) is 0 Å². The van der Waals surface area contributed by atoms with Crippen LogP contribution in [-0.2, 0) is 0 Å². The average Bonchev–Trinajstić information content (AvgIpc) is 1.58. The van der Waals surface area contributed by atoms with Crippen LogP contribution in [0.2, 0.25) is 0 Å². The predicted octanol–water partition coefficient (Wildman–Crippen LogP) is 25.7. The highest BCUT2D eigenvalue weighted by molar-refractivity contribution is 6.17. The Morgan fingerprint density at radius 1 is 0.205 bits per heavy atom. The van der Waals surface area contributed by atoms with Crippen molar-refractivity contribution in [2.75, 3.05) is 0 Å². The number of rotatable bonds is 13. The zero-order valence-electron chi connectivity index (χ0n) is 65.3. The zero-order valence-corrected chi connectivity index (χ0v) is 65.3. The summed E-state index contributed by atoms with van der Waals surface area (Å²) in [5.74, 6) is 2.35. The highest BCUT2D eigenvalue weighted by Gasteiger charge is 2.23. The highest BCUT2D eigenvalue weighted by Crippen LogP contribution is 2.44. The van der Waals surface area contributed by atoms with E-state index in [0.29, 0.717) is 23.3 Å². The van der Waals surface area contributed by atoms with E-state index in [1.54, 1.807) is 0 Å². The Labute approximate surface area is 698 Å². The van der Waals surface area contributed by atoms with Crippen molar-refractivity contribution in [2.24, 2.45) is 0 Å². The second kappa shape index (κ2) is 29.7. The number of para-hydroxylation sites is 6. The molecule has 15 heteroatoms. The third kappa shape index (κ3) is 12.4. The van der Waals surface area contributed by atoms with Crippen LogP contribution in [0.15, 0.2) is 406 Å². The van der Waals surface area contributed by atoms with Gasteiger partial charge in [0.05, 0.1) is 44.5 Å². The van der Waals surface area contributed by atoms with Crippen LogP contribution in [0.4, 0.5) is 0 Å². The van der Waals surface area contributed by atoms with Crippen molar-refractivity contribution in [1.82, 2.24) is 68.5 Å². The van der Waals surface area contributed by atoms with Crippen molar-refractivity contribution in [3.8, 4) is 130 Å². The van der Waals surface area contributed by atoms with E-state index in [4.69, 9.17) is 24.4 Å². The maximum Gasteiger partial charge on any atom is 0.202 e. The van der Waals surface area contributed by atoms with Crippen molar-refractivity contribution in [3.63, 3.8) is 0 Å². The lowest BCUT2D eigenvalue weighted by Gasteiger charge is -2.12. The maximum atomic E-state index is 6.44. The van der Waals surface area contributed by atoms with Gasteiger partial charge < -0.3 is 18.1 Å². The molecule has 0 aliphatic carbocycles. The molecule has 24 aromatic rings. The van der Waals surface area contributed by atoms with Gasteiger partial charge in [0.1, 0.15) is 36.5 Å². The Balaban J connectivity index is 0.000000142. The predicted molar refractivity (Wildman–Crippen MR) is 491 cm³/mol. The van der Waals surface area contributed by atoms with Gasteiger partial charge in [-0.25, -0.2) is 54.8 Å². The molecule has 0 N–H and O–H groups in total. The molecule has 24 rings (SSSR count). The summed E-state index contributed by atoms with van der Waals surface area (Å²) in [6, 6.07) is 133.